The highest BCUT2D eigenvalue weighted by atomic mass is 16.4. The van der Waals surface area contributed by atoms with Crippen LogP contribution in [0.25, 0.3) is 0 Å². The summed E-state index contributed by atoms with van der Waals surface area (Å²) in [5.74, 6) is -0.963. The van der Waals surface area contributed by atoms with Gasteiger partial charge in [0, 0.05) is 13.6 Å². The van der Waals surface area contributed by atoms with Crippen LogP contribution in [0.15, 0.2) is 0 Å². The molecule has 0 radical (unpaired) electrons. The molecule has 1 saturated heterocycles. The molecule has 2 unspecified atom stereocenters. The Morgan fingerprint density at radius 1 is 1.44 bits per heavy atom. The number of carbonyl (C=O) groups is 2. The standard InChI is InChI=1S/C13H24N2O3/c1-4-10(11(16)17)15(3)12(18)13(5-2)7-6-8-14-9-13/h10,14H,4-9H2,1-3H3,(H,16,17). The lowest BCUT2D eigenvalue weighted by atomic mass is 9.77. The van der Waals surface area contributed by atoms with Crippen LogP contribution in [-0.2, 0) is 9.59 Å². The van der Waals surface area contributed by atoms with Crippen molar-refractivity contribution in [3.8, 4) is 0 Å². The van der Waals surface area contributed by atoms with Crippen LogP contribution < -0.4 is 5.32 Å². The average molecular weight is 256 g/mol. The fourth-order valence-corrected chi connectivity index (χ4v) is 2.73. The molecule has 5 heteroatoms. The van der Waals surface area contributed by atoms with Crippen molar-refractivity contribution in [2.45, 2.75) is 45.6 Å². The summed E-state index contributed by atoms with van der Waals surface area (Å²) in [5, 5.41) is 12.4. The SMILES string of the molecule is CCC(C(=O)O)N(C)C(=O)C1(CC)CCCNC1. The summed E-state index contributed by atoms with van der Waals surface area (Å²) in [5.41, 5.74) is -0.421. The van der Waals surface area contributed by atoms with Crippen molar-refractivity contribution in [3.63, 3.8) is 0 Å². The molecule has 0 aromatic rings. The Hall–Kier alpha value is -1.10. The zero-order chi connectivity index (χ0) is 13.8. The largest absolute Gasteiger partial charge is 0.480 e. The minimum atomic E-state index is -0.927. The Balaban J connectivity index is 2.86. The number of hydrogen-bond donors (Lipinski definition) is 2. The molecule has 0 aromatic heterocycles. The highest BCUT2D eigenvalue weighted by Crippen LogP contribution is 2.32. The fourth-order valence-electron chi connectivity index (χ4n) is 2.73. The van der Waals surface area contributed by atoms with Crippen molar-refractivity contribution in [2.75, 3.05) is 20.1 Å². The molecule has 0 aromatic carbocycles. The van der Waals surface area contributed by atoms with E-state index in [1.807, 2.05) is 6.92 Å². The van der Waals surface area contributed by atoms with Crippen LogP contribution in [0.1, 0.15) is 39.5 Å². The van der Waals surface area contributed by atoms with Crippen LogP contribution >= 0.6 is 0 Å². The van der Waals surface area contributed by atoms with Crippen LogP contribution in [0.3, 0.4) is 0 Å². The first-order valence-electron chi connectivity index (χ1n) is 6.69. The lowest BCUT2D eigenvalue weighted by Crippen LogP contribution is -2.54. The molecule has 1 rings (SSSR count). The number of rotatable bonds is 5. The Bertz CT molecular complexity index is 311. The lowest BCUT2D eigenvalue weighted by molar-refractivity contribution is -0.154. The first-order chi connectivity index (χ1) is 8.48. The van der Waals surface area contributed by atoms with Crippen molar-refractivity contribution >= 4 is 11.9 Å². The van der Waals surface area contributed by atoms with Gasteiger partial charge in [-0.2, -0.15) is 0 Å². The highest BCUT2D eigenvalue weighted by Gasteiger charge is 2.42. The maximum atomic E-state index is 12.6. The van der Waals surface area contributed by atoms with E-state index in [0.717, 1.165) is 25.8 Å². The second-order valence-electron chi connectivity index (χ2n) is 5.09. The molecule has 104 valence electrons. The number of hydrogen-bond acceptors (Lipinski definition) is 3. The molecule has 1 aliphatic rings. The molecule has 5 nitrogen and oxygen atoms in total. The van der Waals surface area contributed by atoms with Gasteiger partial charge in [-0.1, -0.05) is 13.8 Å². The van der Waals surface area contributed by atoms with Gasteiger partial charge in [0.1, 0.15) is 6.04 Å². The average Bonchev–Trinajstić information content (AvgIpc) is 2.38. The zero-order valence-electron chi connectivity index (χ0n) is 11.5. The topological polar surface area (TPSA) is 69.6 Å². The van der Waals surface area contributed by atoms with Gasteiger partial charge in [0.25, 0.3) is 0 Å². The van der Waals surface area contributed by atoms with Crippen LogP contribution in [0.5, 0.6) is 0 Å². The molecule has 2 atom stereocenters. The van der Waals surface area contributed by atoms with E-state index in [1.54, 1.807) is 14.0 Å². The molecule has 0 aliphatic carbocycles. The van der Waals surface area contributed by atoms with Crippen LogP contribution in [-0.4, -0.2) is 48.1 Å². The van der Waals surface area contributed by atoms with Gasteiger partial charge in [-0.25, -0.2) is 4.79 Å². The molecule has 1 amide bonds. The summed E-state index contributed by atoms with van der Waals surface area (Å²) < 4.78 is 0. The number of carboxylic acid groups (broad SMARTS) is 1. The number of carbonyl (C=O) groups excluding carboxylic acids is 1. The van der Waals surface area contributed by atoms with E-state index in [0.29, 0.717) is 13.0 Å². The van der Waals surface area contributed by atoms with Gasteiger partial charge in [0.05, 0.1) is 5.41 Å². The van der Waals surface area contributed by atoms with E-state index in [1.165, 1.54) is 4.90 Å². The Labute approximate surface area is 109 Å². The van der Waals surface area contributed by atoms with Gasteiger partial charge in [0.15, 0.2) is 0 Å². The Morgan fingerprint density at radius 2 is 2.11 bits per heavy atom. The lowest BCUT2D eigenvalue weighted by Gasteiger charge is -2.39. The monoisotopic (exact) mass is 256 g/mol. The zero-order valence-corrected chi connectivity index (χ0v) is 11.5. The third kappa shape index (κ3) is 2.83. The van der Waals surface area contributed by atoms with E-state index in [9.17, 15) is 9.59 Å². The number of aliphatic carboxylic acids is 1. The summed E-state index contributed by atoms with van der Waals surface area (Å²) in [7, 11) is 1.61. The number of piperidine rings is 1. The summed E-state index contributed by atoms with van der Waals surface area (Å²) in [6.45, 7) is 5.39. The molecule has 0 saturated carbocycles. The van der Waals surface area contributed by atoms with Gasteiger partial charge >= 0.3 is 5.97 Å². The number of carboxylic acids is 1. The second kappa shape index (κ2) is 6.18. The van der Waals surface area contributed by atoms with E-state index < -0.39 is 17.4 Å². The molecule has 18 heavy (non-hydrogen) atoms. The fraction of sp³-hybridized carbons (Fsp3) is 0.846. The Kier molecular flexibility index (Phi) is 5.14. The van der Waals surface area contributed by atoms with Crippen molar-refractivity contribution < 1.29 is 14.7 Å². The smallest absolute Gasteiger partial charge is 0.326 e. The van der Waals surface area contributed by atoms with Gasteiger partial charge in [-0.05, 0) is 32.2 Å². The minimum Gasteiger partial charge on any atom is -0.480 e. The number of likely N-dealkylation sites (N-methyl/N-ethyl adjacent to an activating group) is 1. The molecule has 1 heterocycles. The maximum absolute atomic E-state index is 12.6. The summed E-state index contributed by atoms with van der Waals surface area (Å²) >= 11 is 0. The second-order valence-corrected chi connectivity index (χ2v) is 5.09. The van der Waals surface area contributed by atoms with Crippen molar-refractivity contribution in [2.24, 2.45) is 5.41 Å². The maximum Gasteiger partial charge on any atom is 0.326 e. The van der Waals surface area contributed by atoms with Crippen molar-refractivity contribution in [1.82, 2.24) is 10.2 Å². The van der Waals surface area contributed by atoms with Gasteiger partial charge in [-0.15, -0.1) is 0 Å². The van der Waals surface area contributed by atoms with Gasteiger partial charge in [-0.3, -0.25) is 4.79 Å². The molecule has 0 bridgehead atoms. The summed E-state index contributed by atoms with van der Waals surface area (Å²) in [4.78, 5) is 25.1. The third-order valence-corrected chi connectivity index (χ3v) is 4.06. The summed E-state index contributed by atoms with van der Waals surface area (Å²) in [6, 6.07) is -0.720. The molecule has 0 spiro atoms. The third-order valence-electron chi connectivity index (χ3n) is 4.06. The summed E-state index contributed by atoms with van der Waals surface area (Å²) in [6.07, 6.45) is 3.00. The molecule has 1 aliphatic heterocycles. The molecular formula is C13H24N2O3. The quantitative estimate of drug-likeness (QED) is 0.772. The van der Waals surface area contributed by atoms with Crippen LogP contribution in [0.4, 0.5) is 0 Å². The van der Waals surface area contributed by atoms with Gasteiger partial charge in [0.2, 0.25) is 5.91 Å². The number of amides is 1. The normalized spacial score (nSPS) is 25.5. The van der Waals surface area contributed by atoms with Crippen molar-refractivity contribution in [1.29, 1.82) is 0 Å². The molecular weight excluding hydrogens is 232 g/mol. The Morgan fingerprint density at radius 3 is 2.50 bits per heavy atom. The van der Waals surface area contributed by atoms with Gasteiger partial charge < -0.3 is 15.3 Å². The highest BCUT2D eigenvalue weighted by molar-refractivity contribution is 5.87. The minimum absolute atomic E-state index is 0.0357. The van der Waals surface area contributed by atoms with Crippen LogP contribution in [0, 0.1) is 5.41 Å². The van der Waals surface area contributed by atoms with E-state index in [-0.39, 0.29) is 5.91 Å². The molecule has 1 fully saturated rings. The predicted octanol–water partition coefficient (Wildman–Crippen LogP) is 1.09. The number of nitrogens with zero attached hydrogens (tertiary/aromatic N) is 1. The molecule has 2 N–H and O–H groups in total. The van der Waals surface area contributed by atoms with E-state index >= 15 is 0 Å². The predicted molar refractivity (Wildman–Crippen MR) is 69.3 cm³/mol. The van der Waals surface area contributed by atoms with E-state index in [4.69, 9.17) is 5.11 Å². The number of nitrogens with one attached hydrogen (secondary N) is 1. The van der Waals surface area contributed by atoms with Crippen LogP contribution in [0.2, 0.25) is 0 Å². The van der Waals surface area contributed by atoms with E-state index in [2.05, 4.69) is 5.32 Å². The first-order valence-corrected chi connectivity index (χ1v) is 6.69. The van der Waals surface area contributed by atoms with Crippen molar-refractivity contribution in [3.05, 3.63) is 0 Å². The first kappa shape index (κ1) is 15.0.